The lowest BCUT2D eigenvalue weighted by Gasteiger charge is -2.12. The summed E-state index contributed by atoms with van der Waals surface area (Å²) < 4.78 is 0. The number of pyridine rings is 1. The zero-order chi connectivity index (χ0) is 12.3. The minimum absolute atomic E-state index is 0.211. The van der Waals surface area contributed by atoms with Crippen LogP contribution in [0.5, 0.6) is 0 Å². The number of rotatable bonds is 3. The van der Waals surface area contributed by atoms with Crippen LogP contribution >= 0.6 is 0 Å². The molecule has 0 fully saturated rings. The number of nitrogens with one attached hydrogen (secondary N) is 2. The first-order valence-electron chi connectivity index (χ1n) is 5.18. The second-order valence-electron chi connectivity index (χ2n) is 3.63. The van der Waals surface area contributed by atoms with Gasteiger partial charge in [-0.1, -0.05) is 0 Å². The fraction of sp³-hybridized carbons (Fsp3) is 0.182. The van der Waals surface area contributed by atoms with E-state index in [2.05, 4.69) is 20.3 Å². The van der Waals surface area contributed by atoms with Gasteiger partial charge in [-0.2, -0.15) is 0 Å². The average molecular weight is 231 g/mol. The number of imidazole rings is 1. The number of hydrogen-bond acceptors (Lipinski definition) is 4. The van der Waals surface area contributed by atoms with Crippen LogP contribution in [-0.4, -0.2) is 20.9 Å². The summed E-state index contributed by atoms with van der Waals surface area (Å²) in [5, 5.41) is 2.79. The summed E-state index contributed by atoms with van der Waals surface area (Å²) in [7, 11) is 0. The van der Waals surface area contributed by atoms with E-state index in [1.165, 1.54) is 6.20 Å². The normalized spacial score (nSPS) is 12.1. The molecule has 6 heteroatoms. The largest absolute Gasteiger partial charge is 0.398 e. The van der Waals surface area contributed by atoms with E-state index in [1.54, 1.807) is 24.7 Å². The van der Waals surface area contributed by atoms with Gasteiger partial charge < -0.3 is 16.0 Å². The number of nitrogen functional groups attached to an aromatic ring is 1. The van der Waals surface area contributed by atoms with Crippen molar-refractivity contribution in [2.24, 2.45) is 0 Å². The third-order valence-electron chi connectivity index (χ3n) is 2.38. The summed E-state index contributed by atoms with van der Waals surface area (Å²) in [6.45, 7) is 1.84. The highest BCUT2D eigenvalue weighted by Gasteiger charge is 2.14. The summed E-state index contributed by atoms with van der Waals surface area (Å²) in [4.78, 5) is 22.8. The third-order valence-corrected chi connectivity index (χ3v) is 2.38. The highest BCUT2D eigenvalue weighted by atomic mass is 16.1. The molecule has 0 aromatic carbocycles. The van der Waals surface area contributed by atoms with E-state index >= 15 is 0 Å². The molecule has 2 rings (SSSR count). The molecule has 1 atom stereocenters. The Labute approximate surface area is 98.3 Å². The van der Waals surface area contributed by atoms with Crippen LogP contribution in [0.2, 0.25) is 0 Å². The number of amides is 1. The molecular weight excluding hydrogens is 218 g/mol. The Balaban J connectivity index is 2.10. The van der Waals surface area contributed by atoms with E-state index in [0.29, 0.717) is 17.1 Å². The number of anilines is 1. The van der Waals surface area contributed by atoms with Gasteiger partial charge in [0.25, 0.3) is 5.91 Å². The molecule has 0 radical (unpaired) electrons. The van der Waals surface area contributed by atoms with Crippen LogP contribution in [0.25, 0.3) is 0 Å². The van der Waals surface area contributed by atoms with Crippen molar-refractivity contribution in [1.82, 2.24) is 20.3 Å². The molecular formula is C11H13N5O. The van der Waals surface area contributed by atoms with Crippen LogP contribution in [0.15, 0.2) is 30.9 Å². The molecule has 0 aliphatic rings. The SMILES string of the molecule is CC(NC(=O)c1cnccc1N)c1ncc[nH]1. The van der Waals surface area contributed by atoms with E-state index in [1.807, 2.05) is 6.92 Å². The number of hydrogen-bond donors (Lipinski definition) is 3. The maximum absolute atomic E-state index is 11.9. The first kappa shape index (κ1) is 11.1. The van der Waals surface area contributed by atoms with Crippen LogP contribution in [0.1, 0.15) is 29.1 Å². The molecule has 2 aromatic heterocycles. The summed E-state index contributed by atoms with van der Waals surface area (Å²) >= 11 is 0. The second-order valence-corrected chi connectivity index (χ2v) is 3.63. The average Bonchev–Trinajstić information content (AvgIpc) is 2.82. The van der Waals surface area contributed by atoms with Crippen molar-refractivity contribution >= 4 is 11.6 Å². The highest BCUT2D eigenvalue weighted by Crippen LogP contribution is 2.11. The lowest BCUT2D eigenvalue weighted by atomic mass is 10.2. The van der Waals surface area contributed by atoms with E-state index in [0.717, 1.165) is 0 Å². The predicted octanol–water partition coefficient (Wildman–Crippen LogP) is 0.878. The molecule has 1 amide bonds. The van der Waals surface area contributed by atoms with E-state index in [-0.39, 0.29) is 11.9 Å². The van der Waals surface area contributed by atoms with Gasteiger partial charge in [-0.3, -0.25) is 9.78 Å². The van der Waals surface area contributed by atoms with Crippen LogP contribution in [0.3, 0.4) is 0 Å². The van der Waals surface area contributed by atoms with Gasteiger partial charge in [-0.05, 0) is 13.0 Å². The number of nitrogens with zero attached hydrogens (tertiary/aromatic N) is 2. The monoisotopic (exact) mass is 231 g/mol. The molecule has 1 unspecified atom stereocenters. The van der Waals surface area contributed by atoms with Crippen molar-refractivity contribution in [3.8, 4) is 0 Å². The predicted molar refractivity (Wildman–Crippen MR) is 63.1 cm³/mol. The quantitative estimate of drug-likeness (QED) is 0.730. The molecule has 0 aliphatic heterocycles. The summed E-state index contributed by atoms with van der Waals surface area (Å²) in [5.74, 6) is 0.431. The van der Waals surface area contributed by atoms with Gasteiger partial charge in [0.2, 0.25) is 0 Å². The fourth-order valence-corrected chi connectivity index (χ4v) is 1.45. The van der Waals surface area contributed by atoms with Crippen molar-refractivity contribution in [1.29, 1.82) is 0 Å². The number of nitrogens with two attached hydrogens (primary N) is 1. The van der Waals surface area contributed by atoms with Gasteiger partial charge in [-0.25, -0.2) is 4.98 Å². The molecule has 88 valence electrons. The Morgan fingerprint density at radius 3 is 3.00 bits per heavy atom. The van der Waals surface area contributed by atoms with E-state index in [9.17, 15) is 4.79 Å². The van der Waals surface area contributed by atoms with Crippen LogP contribution < -0.4 is 11.1 Å². The lowest BCUT2D eigenvalue weighted by molar-refractivity contribution is 0.0939. The Morgan fingerprint density at radius 1 is 1.53 bits per heavy atom. The van der Waals surface area contributed by atoms with Crippen LogP contribution in [0, 0.1) is 0 Å². The van der Waals surface area contributed by atoms with Crippen molar-refractivity contribution in [3.63, 3.8) is 0 Å². The summed E-state index contributed by atoms with van der Waals surface area (Å²) in [6.07, 6.45) is 6.33. The first-order chi connectivity index (χ1) is 8.18. The van der Waals surface area contributed by atoms with Crippen molar-refractivity contribution in [2.75, 3.05) is 5.73 Å². The molecule has 0 saturated carbocycles. The molecule has 17 heavy (non-hydrogen) atoms. The van der Waals surface area contributed by atoms with Gasteiger partial charge in [-0.15, -0.1) is 0 Å². The number of aromatic nitrogens is 3. The van der Waals surface area contributed by atoms with Crippen molar-refractivity contribution in [3.05, 3.63) is 42.2 Å². The zero-order valence-electron chi connectivity index (χ0n) is 9.34. The van der Waals surface area contributed by atoms with Gasteiger partial charge in [0.05, 0.1) is 11.6 Å². The van der Waals surface area contributed by atoms with Gasteiger partial charge in [0, 0.05) is 30.5 Å². The Morgan fingerprint density at radius 2 is 2.35 bits per heavy atom. The molecule has 0 spiro atoms. The third kappa shape index (κ3) is 2.41. The topological polar surface area (TPSA) is 96.7 Å². The van der Waals surface area contributed by atoms with Crippen molar-refractivity contribution < 1.29 is 4.79 Å². The molecule has 4 N–H and O–H groups in total. The molecule has 2 heterocycles. The van der Waals surface area contributed by atoms with Gasteiger partial charge >= 0.3 is 0 Å². The zero-order valence-corrected chi connectivity index (χ0v) is 9.34. The Hall–Kier alpha value is -2.37. The van der Waals surface area contributed by atoms with Gasteiger partial charge in [0.1, 0.15) is 5.82 Å². The molecule has 2 aromatic rings. The summed E-state index contributed by atoms with van der Waals surface area (Å²) in [6, 6.07) is 1.38. The second kappa shape index (κ2) is 4.65. The fourth-order valence-electron chi connectivity index (χ4n) is 1.45. The Kier molecular flexibility index (Phi) is 3.04. The minimum atomic E-state index is -0.264. The molecule has 0 aliphatic carbocycles. The summed E-state index contributed by atoms with van der Waals surface area (Å²) in [5.41, 5.74) is 6.46. The van der Waals surface area contributed by atoms with Crippen molar-refractivity contribution in [2.45, 2.75) is 13.0 Å². The molecule has 6 nitrogen and oxygen atoms in total. The lowest BCUT2D eigenvalue weighted by Crippen LogP contribution is -2.28. The van der Waals surface area contributed by atoms with E-state index < -0.39 is 0 Å². The van der Waals surface area contributed by atoms with E-state index in [4.69, 9.17) is 5.73 Å². The molecule has 0 bridgehead atoms. The smallest absolute Gasteiger partial charge is 0.255 e. The number of aromatic amines is 1. The highest BCUT2D eigenvalue weighted by molar-refractivity contribution is 5.98. The number of H-pyrrole nitrogens is 1. The molecule has 0 saturated heterocycles. The van der Waals surface area contributed by atoms with Gasteiger partial charge in [0.15, 0.2) is 0 Å². The van der Waals surface area contributed by atoms with Crippen LogP contribution in [0.4, 0.5) is 5.69 Å². The number of carbonyl (C=O) groups is 1. The first-order valence-corrected chi connectivity index (χ1v) is 5.18. The minimum Gasteiger partial charge on any atom is -0.398 e. The maximum atomic E-state index is 11.9. The maximum Gasteiger partial charge on any atom is 0.255 e. The number of carbonyl (C=O) groups excluding carboxylic acids is 1. The Bertz CT molecular complexity index is 508. The standard InChI is InChI=1S/C11H13N5O/c1-7(10-14-4-5-15-10)16-11(17)8-6-13-3-2-9(8)12/h2-7H,1H3,(H2,12,13)(H,14,15)(H,16,17). The van der Waals surface area contributed by atoms with Crippen LogP contribution in [-0.2, 0) is 0 Å².